The van der Waals surface area contributed by atoms with Crippen molar-refractivity contribution in [1.82, 2.24) is 5.43 Å². The molecule has 0 saturated carbocycles. The lowest BCUT2D eigenvalue weighted by atomic mass is 9.95. The molecule has 2 amide bonds. The third-order valence-corrected chi connectivity index (χ3v) is 4.13. The van der Waals surface area contributed by atoms with Crippen LogP contribution in [0.15, 0.2) is 41.5 Å². The number of rotatable bonds is 3. The van der Waals surface area contributed by atoms with E-state index in [1.807, 2.05) is 26.0 Å². The minimum Gasteiger partial charge on any atom is -0.318 e. The van der Waals surface area contributed by atoms with E-state index in [0.29, 0.717) is 5.69 Å². The van der Waals surface area contributed by atoms with E-state index in [2.05, 4.69) is 29.7 Å². The molecule has 0 radical (unpaired) electrons. The van der Waals surface area contributed by atoms with Crippen LogP contribution in [0.1, 0.15) is 27.8 Å². The summed E-state index contributed by atoms with van der Waals surface area (Å²) in [6.45, 7) is 8.17. The first-order valence-electron chi connectivity index (χ1n) is 7.67. The zero-order chi connectivity index (χ0) is 17.7. The number of para-hydroxylation sites is 1. The summed E-state index contributed by atoms with van der Waals surface area (Å²) < 4.78 is 0. The fraction of sp³-hybridized carbons (Fsp3) is 0.211. The average molecular weight is 323 g/mol. The number of benzene rings is 2. The third-order valence-electron chi connectivity index (χ3n) is 4.13. The van der Waals surface area contributed by atoms with Crippen molar-refractivity contribution in [2.75, 3.05) is 5.32 Å². The Morgan fingerprint density at radius 1 is 0.917 bits per heavy atom. The van der Waals surface area contributed by atoms with Gasteiger partial charge in [-0.15, -0.1) is 0 Å². The van der Waals surface area contributed by atoms with Gasteiger partial charge in [-0.3, -0.25) is 9.59 Å². The third kappa shape index (κ3) is 4.07. The number of hydrogen-bond acceptors (Lipinski definition) is 3. The largest absolute Gasteiger partial charge is 0.329 e. The normalized spacial score (nSPS) is 10.7. The van der Waals surface area contributed by atoms with Gasteiger partial charge < -0.3 is 5.32 Å². The van der Waals surface area contributed by atoms with Crippen molar-refractivity contribution in [3.8, 4) is 0 Å². The Labute approximate surface area is 141 Å². The summed E-state index contributed by atoms with van der Waals surface area (Å²) >= 11 is 0. The summed E-state index contributed by atoms with van der Waals surface area (Å²) in [6.07, 6.45) is 1.56. The number of aryl methyl sites for hydroxylation is 1. The first kappa shape index (κ1) is 17.4. The molecule has 0 bridgehead atoms. The Bertz CT molecular complexity index is 796. The maximum absolute atomic E-state index is 11.8. The van der Waals surface area contributed by atoms with Crippen LogP contribution in [0.4, 0.5) is 5.69 Å². The molecule has 2 aromatic carbocycles. The highest BCUT2D eigenvalue weighted by Gasteiger charge is 2.12. The highest BCUT2D eigenvalue weighted by molar-refractivity contribution is 6.39. The zero-order valence-electron chi connectivity index (χ0n) is 14.3. The molecular weight excluding hydrogens is 302 g/mol. The first-order chi connectivity index (χ1) is 11.4. The van der Waals surface area contributed by atoms with Gasteiger partial charge in [0.1, 0.15) is 0 Å². The highest BCUT2D eigenvalue weighted by atomic mass is 16.2. The van der Waals surface area contributed by atoms with Crippen LogP contribution in [0.5, 0.6) is 0 Å². The number of anilines is 1. The lowest BCUT2D eigenvalue weighted by Crippen LogP contribution is -2.32. The van der Waals surface area contributed by atoms with Gasteiger partial charge in [0.25, 0.3) is 0 Å². The topological polar surface area (TPSA) is 70.6 Å². The van der Waals surface area contributed by atoms with Crippen molar-refractivity contribution in [2.45, 2.75) is 27.7 Å². The Hall–Kier alpha value is -2.95. The monoisotopic (exact) mass is 323 g/mol. The van der Waals surface area contributed by atoms with E-state index in [9.17, 15) is 9.59 Å². The summed E-state index contributed by atoms with van der Waals surface area (Å²) in [7, 11) is 0. The van der Waals surface area contributed by atoms with E-state index < -0.39 is 11.8 Å². The fourth-order valence-electron chi connectivity index (χ4n) is 2.30. The Kier molecular flexibility index (Phi) is 5.47. The first-order valence-corrected chi connectivity index (χ1v) is 7.67. The standard InChI is InChI=1S/C19H21N3O2/c1-12-10-16(15(4)14(3)13(12)2)11-20-22-19(24)18(23)21-17-8-6-5-7-9-17/h5-11H,1-4H3,(H,21,23)(H,22,24)/b20-11+. The van der Waals surface area contributed by atoms with Crippen molar-refractivity contribution in [1.29, 1.82) is 0 Å². The van der Waals surface area contributed by atoms with Crippen molar-refractivity contribution in [3.63, 3.8) is 0 Å². The predicted octanol–water partition coefficient (Wildman–Crippen LogP) is 3.01. The maximum Gasteiger partial charge on any atom is 0.329 e. The van der Waals surface area contributed by atoms with Crippen LogP contribution in [-0.2, 0) is 9.59 Å². The molecule has 5 nitrogen and oxygen atoms in total. The molecule has 5 heteroatoms. The van der Waals surface area contributed by atoms with Gasteiger partial charge in [0, 0.05) is 5.69 Å². The van der Waals surface area contributed by atoms with Crippen LogP contribution < -0.4 is 10.7 Å². The highest BCUT2D eigenvalue weighted by Crippen LogP contribution is 2.19. The smallest absolute Gasteiger partial charge is 0.318 e. The molecule has 0 spiro atoms. The molecule has 0 saturated heterocycles. The van der Waals surface area contributed by atoms with E-state index in [0.717, 1.165) is 16.7 Å². The van der Waals surface area contributed by atoms with Gasteiger partial charge in [0.2, 0.25) is 0 Å². The zero-order valence-corrected chi connectivity index (χ0v) is 14.3. The van der Waals surface area contributed by atoms with Gasteiger partial charge in [-0.2, -0.15) is 5.10 Å². The molecule has 2 N–H and O–H groups in total. The number of amides is 2. The number of carbonyl (C=O) groups excluding carboxylic acids is 2. The number of hydrazone groups is 1. The van der Waals surface area contributed by atoms with Crippen LogP contribution in [0, 0.1) is 27.7 Å². The van der Waals surface area contributed by atoms with Crippen LogP contribution in [0.25, 0.3) is 0 Å². The van der Waals surface area contributed by atoms with Crippen LogP contribution in [-0.4, -0.2) is 18.0 Å². The van der Waals surface area contributed by atoms with Crippen molar-refractivity contribution < 1.29 is 9.59 Å². The van der Waals surface area contributed by atoms with Gasteiger partial charge in [-0.1, -0.05) is 18.2 Å². The van der Waals surface area contributed by atoms with Crippen molar-refractivity contribution >= 4 is 23.7 Å². The van der Waals surface area contributed by atoms with Crippen molar-refractivity contribution in [2.24, 2.45) is 5.10 Å². The molecule has 0 unspecified atom stereocenters. The summed E-state index contributed by atoms with van der Waals surface area (Å²) in [6, 6.07) is 10.8. The lowest BCUT2D eigenvalue weighted by Gasteiger charge is -2.11. The van der Waals surface area contributed by atoms with Gasteiger partial charge >= 0.3 is 11.8 Å². The summed E-state index contributed by atoms with van der Waals surface area (Å²) in [5.74, 6) is -1.57. The van der Waals surface area contributed by atoms with E-state index in [1.165, 1.54) is 11.1 Å². The molecule has 0 fully saturated rings. The van der Waals surface area contributed by atoms with E-state index in [1.54, 1.807) is 30.5 Å². The second kappa shape index (κ2) is 7.55. The quantitative estimate of drug-likeness (QED) is 0.518. The van der Waals surface area contributed by atoms with Crippen LogP contribution >= 0.6 is 0 Å². The Morgan fingerprint density at radius 3 is 2.25 bits per heavy atom. The summed E-state index contributed by atoms with van der Waals surface area (Å²) in [4.78, 5) is 23.6. The average Bonchev–Trinajstić information content (AvgIpc) is 2.58. The molecule has 2 aromatic rings. The number of hydrogen-bond donors (Lipinski definition) is 2. The number of nitrogens with zero attached hydrogens (tertiary/aromatic N) is 1. The Balaban J connectivity index is 2.01. The van der Waals surface area contributed by atoms with E-state index >= 15 is 0 Å². The van der Waals surface area contributed by atoms with Crippen LogP contribution in [0.3, 0.4) is 0 Å². The van der Waals surface area contributed by atoms with Gasteiger partial charge in [-0.25, -0.2) is 5.43 Å². The molecule has 0 aliphatic heterocycles. The number of carbonyl (C=O) groups is 2. The molecule has 0 aromatic heterocycles. The van der Waals surface area contributed by atoms with Gasteiger partial charge in [0.05, 0.1) is 6.21 Å². The second-order valence-electron chi connectivity index (χ2n) is 5.68. The summed E-state index contributed by atoms with van der Waals surface area (Å²) in [5, 5.41) is 6.39. The SMILES string of the molecule is Cc1cc(/C=N/NC(=O)C(=O)Nc2ccccc2)c(C)c(C)c1C. The number of nitrogens with one attached hydrogen (secondary N) is 2. The van der Waals surface area contributed by atoms with Crippen LogP contribution in [0.2, 0.25) is 0 Å². The van der Waals surface area contributed by atoms with Gasteiger partial charge in [-0.05, 0) is 73.7 Å². The van der Waals surface area contributed by atoms with E-state index in [4.69, 9.17) is 0 Å². The fourth-order valence-corrected chi connectivity index (χ4v) is 2.30. The maximum atomic E-state index is 11.8. The lowest BCUT2D eigenvalue weighted by molar-refractivity contribution is -0.136. The molecule has 0 aliphatic rings. The summed E-state index contributed by atoms with van der Waals surface area (Å²) in [5.41, 5.74) is 8.43. The van der Waals surface area contributed by atoms with E-state index in [-0.39, 0.29) is 0 Å². The molecule has 0 atom stereocenters. The minimum atomic E-state index is -0.812. The molecule has 2 rings (SSSR count). The molecule has 0 aliphatic carbocycles. The van der Waals surface area contributed by atoms with Gasteiger partial charge in [0.15, 0.2) is 0 Å². The molecule has 124 valence electrons. The van der Waals surface area contributed by atoms with Crippen molar-refractivity contribution in [3.05, 3.63) is 64.2 Å². The molecular formula is C19H21N3O2. The predicted molar refractivity (Wildman–Crippen MR) is 96.2 cm³/mol. The molecule has 24 heavy (non-hydrogen) atoms. The molecule has 0 heterocycles. The second-order valence-corrected chi connectivity index (χ2v) is 5.68. The minimum absolute atomic E-state index is 0.558. The Morgan fingerprint density at radius 2 is 1.58 bits per heavy atom.